The maximum Gasteiger partial charge on any atom is 0.142 e. The summed E-state index contributed by atoms with van der Waals surface area (Å²) in [6, 6.07) is 7.95. The van der Waals surface area contributed by atoms with Gasteiger partial charge in [-0.3, -0.25) is 0 Å². The molecule has 0 bridgehead atoms. The first-order valence-electron chi connectivity index (χ1n) is 4.28. The van der Waals surface area contributed by atoms with Gasteiger partial charge in [-0.2, -0.15) is 0 Å². The van der Waals surface area contributed by atoms with Gasteiger partial charge in [-0.1, -0.05) is 19.1 Å². The molecule has 0 saturated heterocycles. The van der Waals surface area contributed by atoms with Crippen LogP contribution in [-0.2, 0) is 0 Å². The van der Waals surface area contributed by atoms with Gasteiger partial charge < -0.3 is 10.1 Å². The number of nitrogens with one attached hydrogen (secondary N) is 1. The van der Waals surface area contributed by atoms with E-state index < -0.39 is 0 Å². The highest BCUT2D eigenvalue weighted by Crippen LogP contribution is 2.22. The normalized spacial score (nSPS) is 9.50. The largest absolute Gasteiger partial charge is 0.491 e. The number of benzene rings is 1. The van der Waals surface area contributed by atoms with Crippen LogP contribution < -0.4 is 10.1 Å². The monoisotopic (exact) mass is 165 g/mol. The molecule has 1 aromatic carbocycles. The topological polar surface area (TPSA) is 21.3 Å². The molecule has 0 aliphatic rings. The highest BCUT2D eigenvalue weighted by Gasteiger charge is 1.97. The van der Waals surface area contributed by atoms with Crippen molar-refractivity contribution >= 4 is 5.69 Å². The van der Waals surface area contributed by atoms with Crippen molar-refractivity contribution in [3.8, 4) is 5.75 Å². The molecule has 1 aromatic rings. The number of ether oxygens (including phenoxy) is 1. The van der Waals surface area contributed by atoms with Crippen molar-refractivity contribution in [2.24, 2.45) is 0 Å². The Morgan fingerprint density at radius 2 is 2.08 bits per heavy atom. The minimum atomic E-state index is 0.776. The van der Waals surface area contributed by atoms with Crippen LogP contribution in [0.2, 0.25) is 0 Å². The molecule has 0 radical (unpaired) electrons. The predicted octanol–water partition coefficient (Wildman–Crippen LogP) is 2.52. The van der Waals surface area contributed by atoms with E-state index in [0.717, 1.165) is 24.5 Å². The summed E-state index contributed by atoms with van der Waals surface area (Å²) in [5.41, 5.74) is 1.05. The molecule has 1 rings (SSSR count). The third-order valence-corrected chi connectivity index (χ3v) is 1.62. The number of anilines is 1. The standard InChI is InChI=1S/C10H15NO/c1-3-8-12-10-7-5-4-6-9(10)11-2/h4-7,11H,3,8H2,1-2H3. The van der Waals surface area contributed by atoms with Crippen LogP contribution in [-0.4, -0.2) is 13.7 Å². The molecule has 0 aliphatic heterocycles. The van der Waals surface area contributed by atoms with E-state index in [1.165, 1.54) is 0 Å². The number of hydrogen-bond donors (Lipinski definition) is 1. The van der Waals surface area contributed by atoms with Crippen molar-refractivity contribution in [3.63, 3.8) is 0 Å². The molecule has 0 heterocycles. The zero-order valence-electron chi connectivity index (χ0n) is 7.63. The second-order valence-electron chi connectivity index (χ2n) is 2.59. The smallest absolute Gasteiger partial charge is 0.142 e. The van der Waals surface area contributed by atoms with Crippen LogP contribution in [0, 0.1) is 0 Å². The zero-order valence-corrected chi connectivity index (χ0v) is 7.63. The van der Waals surface area contributed by atoms with Gasteiger partial charge in [-0.25, -0.2) is 0 Å². The first kappa shape index (κ1) is 8.91. The molecule has 2 heteroatoms. The van der Waals surface area contributed by atoms with Crippen LogP contribution in [0.25, 0.3) is 0 Å². The molecule has 12 heavy (non-hydrogen) atoms. The van der Waals surface area contributed by atoms with Gasteiger partial charge in [0.25, 0.3) is 0 Å². The van der Waals surface area contributed by atoms with Crippen LogP contribution in [0.4, 0.5) is 5.69 Å². The number of para-hydroxylation sites is 2. The SMILES string of the molecule is CCCOc1ccccc1NC. The Hall–Kier alpha value is -1.18. The minimum Gasteiger partial charge on any atom is -0.491 e. The maximum absolute atomic E-state index is 5.51. The van der Waals surface area contributed by atoms with Gasteiger partial charge in [0.15, 0.2) is 0 Å². The molecule has 66 valence electrons. The maximum atomic E-state index is 5.51. The third kappa shape index (κ3) is 2.16. The minimum absolute atomic E-state index is 0.776. The predicted molar refractivity (Wildman–Crippen MR) is 51.8 cm³/mol. The Labute approximate surface area is 73.6 Å². The van der Waals surface area contributed by atoms with E-state index in [9.17, 15) is 0 Å². The average molecular weight is 165 g/mol. The summed E-state index contributed by atoms with van der Waals surface area (Å²) in [7, 11) is 1.90. The molecular formula is C10H15NO. The van der Waals surface area contributed by atoms with Crippen LogP contribution in [0.15, 0.2) is 24.3 Å². The van der Waals surface area contributed by atoms with Gasteiger partial charge in [-0.05, 0) is 18.6 Å². The highest BCUT2D eigenvalue weighted by atomic mass is 16.5. The Balaban J connectivity index is 2.68. The summed E-state index contributed by atoms with van der Waals surface area (Å²) < 4.78 is 5.51. The van der Waals surface area contributed by atoms with Gasteiger partial charge in [-0.15, -0.1) is 0 Å². The fourth-order valence-electron chi connectivity index (χ4n) is 1.01. The molecule has 0 atom stereocenters. The molecule has 2 nitrogen and oxygen atoms in total. The molecular weight excluding hydrogens is 150 g/mol. The van der Waals surface area contributed by atoms with Crippen molar-refractivity contribution in [1.29, 1.82) is 0 Å². The summed E-state index contributed by atoms with van der Waals surface area (Å²) >= 11 is 0. The highest BCUT2D eigenvalue weighted by molar-refractivity contribution is 5.55. The lowest BCUT2D eigenvalue weighted by Crippen LogP contribution is -1.98. The molecule has 0 aromatic heterocycles. The van der Waals surface area contributed by atoms with Crippen molar-refractivity contribution in [2.45, 2.75) is 13.3 Å². The lowest BCUT2D eigenvalue weighted by Gasteiger charge is -2.09. The van der Waals surface area contributed by atoms with Crippen LogP contribution in [0.3, 0.4) is 0 Å². The van der Waals surface area contributed by atoms with E-state index in [1.54, 1.807) is 0 Å². The van der Waals surface area contributed by atoms with E-state index >= 15 is 0 Å². The number of hydrogen-bond acceptors (Lipinski definition) is 2. The molecule has 0 fully saturated rings. The van der Waals surface area contributed by atoms with Crippen molar-refractivity contribution in [3.05, 3.63) is 24.3 Å². The van der Waals surface area contributed by atoms with E-state index in [0.29, 0.717) is 0 Å². The van der Waals surface area contributed by atoms with E-state index in [-0.39, 0.29) is 0 Å². The Bertz CT molecular complexity index is 235. The van der Waals surface area contributed by atoms with E-state index in [4.69, 9.17) is 4.74 Å². The first-order valence-corrected chi connectivity index (χ1v) is 4.28. The van der Waals surface area contributed by atoms with E-state index in [1.807, 2.05) is 31.3 Å². The Kier molecular flexibility index (Phi) is 3.45. The molecule has 0 spiro atoms. The van der Waals surface area contributed by atoms with Crippen LogP contribution in [0.5, 0.6) is 5.75 Å². The lowest BCUT2D eigenvalue weighted by atomic mass is 10.3. The zero-order chi connectivity index (χ0) is 8.81. The Morgan fingerprint density at radius 3 is 2.75 bits per heavy atom. The van der Waals surface area contributed by atoms with Crippen molar-refractivity contribution < 1.29 is 4.74 Å². The fourth-order valence-corrected chi connectivity index (χ4v) is 1.01. The second kappa shape index (κ2) is 4.65. The molecule has 0 aliphatic carbocycles. The summed E-state index contributed by atoms with van der Waals surface area (Å²) in [6.07, 6.45) is 1.04. The first-order chi connectivity index (χ1) is 5.88. The van der Waals surface area contributed by atoms with Crippen LogP contribution >= 0.6 is 0 Å². The van der Waals surface area contributed by atoms with Gasteiger partial charge >= 0.3 is 0 Å². The van der Waals surface area contributed by atoms with Gasteiger partial charge in [0.05, 0.1) is 12.3 Å². The second-order valence-corrected chi connectivity index (χ2v) is 2.59. The molecule has 1 N–H and O–H groups in total. The third-order valence-electron chi connectivity index (χ3n) is 1.62. The van der Waals surface area contributed by atoms with E-state index in [2.05, 4.69) is 12.2 Å². The summed E-state index contributed by atoms with van der Waals surface area (Å²) in [5, 5.41) is 3.08. The van der Waals surface area contributed by atoms with Crippen molar-refractivity contribution in [2.75, 3.05) is 19.0 Å². The fraction of sp³-hybridized carbons (Fsp3) is 0.400. The average Bonchev–Trinajstić information content (AvgIpc) is 2.15. The van der Waals surface area contributed by atoms with Crippen LogP contribution in [0.1, 0.15) is 13.3 Å². The lowest BCUT2D eigenvalue weighted by molar-refractivity contribution is 0.319. The molecule has 0 unspecified atom stereocenters. The van der Waals surface area contributed by atoms with Gasteiger partial charge in [0.2, 0.25) is 0 Å². The molecule has 0 saturated carbocycles. The number of rotatable bonds is 4. The van der Waals surface area contributed by atoms with Gasteiger partial charge in [0, 0.05) is 7.05 Å². The molecule has 0 amide bonds. The Morgan fingerprint density at radius 1 is 1.33 bits per heavy atom. The quantitative estimate of drug-likeness (QED) is 0.740. The van der Waals surface area contributed by atoms with Crippen molar-refractivity contribution in [1.82, 2.24) is 0 Å². The summed E-state index contributed by atoms with van der Waals surface area (Å²) in [5.74, 6) is 0.932. The summed E-state index contributed by atoms with van der Waals surface area (Å²) in [6.45, 7) is 2.88. The summed E-state index contributed by atoms with van der Waals surface area (Å²) in [4.78, 5) is 0. The van der Waals surface area contributed by atoms with Gasteiger partial charge in [0.1, 0.15) is 5.75 Å².